The van der Waals surface area contributed by atoms with Crippen LogP contribution < -0.4 is 16.4 Å². The molecule has 2 aliphatic rings. The van der Waals surface area contributed by atoms with Gasteiger partial charge in [0.15, 0.2) is 0 Å². The number of carbonyl (C=O) groups is 2. The Morgan fingerprint density at radius 1 is 1.00 bits per heavy atom. The van der Waals surface area contributed by atoms with Crippen LogP contribution in [0, 0.1) is 17.3 Å². The van der Waals surface area contributed by atoms with Crippen molar-refractivity contribution in [1.82, 2.24) is 10.6 Å². The summed E-state index contributed by atoms with van der Waals surface area (Å²) in [5, 5.41) is 6.19. The Balaban J connectivity index is 1.60. The van der Waals surface area contributed by atoms with E-state index in [4.69, 9.17) is 5.73 Å². The van der Waals surface area contributed by atoms with Gasteiger partial charge in [-0.2, -0.15) is 0 Å². The van der Waals surface area contributed by atoms with Crippen molar-refractivity contribution < 1.29 is 9.59 Å². The van der Waals surface area contributed by atoms with Crippen molar-refractivity contribution in [3.63, 3.8) is 0 Å². The van der Waals surface area contributed by atoms with Gasteiger partial charge >= 0.3 is 0 Å². The van der Waals surface area contributed by atoms with Gasteiger partial charge in [-0.05, 0) is 67.2 Å². The Hall–Kier alpha value is -1.88. The predicted octanol–water partition coefficient (Wildman–Crippen LogP) is 3.10. The first-order valence-electron chi connectivity index (χ1n) is 10.2. The number of fused-ring (bicyclic) bond motifs is 2. The van der Waals surface area contributed by atoms with Gasteiger partial charge in [-0.1, -0.05) is 27.2 Å². The molecule has 2 bridgehead atoms. The Morgan fingerprint density at radius 2 is 1.52 bits per heavy atom. The van der Waals surface area contributed by atoms with E-state index in [1.807, 2.05) is 0 Å². The van der Waals surface area contributed by atoms with E-state index >= 15 is 0 Å². The lowest BCUT2D eigenvalue weighted by Gasteiger charge is -2.45. The van der Waals surface area contributed by atoms with Gasteiger partial charge in [0.05, 0.1) is 0 Å². The molecule has 2 aliphatic carbocycles. The average Bonchev–Trinajstić information content (AvgIpc) is 2.60. The SMILES string of the molecule is CC(C)(C)CNC(=O)c1ccc(C(=O)NC2C3CCCC2CC(N)C3)cc1. The third-order valence-electron chi connectivity index (χ3n) is 5.86. The van der Waals surface area contributed by atoms with Crippen molar-refractivity contribution in [3.05, 3.63) is 35.4 Å². The molecule has 5 nitrogen and oxygen atoms in total. The molecule has 0 radical (unpaired) electrons. The molecule has 2 saturated carbocycles. The van der Waals surface area contributed by atoms with Gasteiger partial charge in [0.1, 0.15) is 0 Å². The van der Waals surface area contributed by atoms with Crippen LogP contribution >= 0.6 is 0 Å². The first-order valence-corrected chi connectivity index (χ1v) is 10.2. The van der Waals surface area contributed by atoms with Crippen LogP contribution in [0.3, 0.4) is 0 Å². The molecule has 1 aromatic carbocycles. The van der Waals surface area contributed by atoms with E-state index in [0.717, 1.165) is 25.7 Å². The van der Waals surface area contributed by atoms with Crippen molar-refractivity contribution in [3.8, 4) is 0 Å². The minimum atomic E-state index is -0.104. The van der Waals surface area contributed by atoms with Gasteiger partial charge in [-0.25, -0.2) is 0 Å². The first-order chi connectivity index (χ1) is 12.7. The normalized spacial score (nSPS) is 27.7. The summed E-state index contributed by atoms with van der Waals surface area (Å²) in [5.74, 6) is 0.847. The second kappa shape index (κ2) is 8.01. The zero-order valence-electron chi connectivity index (χ0n) is 16.8. The lowest BCUT2D eigenvalue weighted by Crippen LogP contribution is -2.53. The second-order valence-electron chi connectivity index (χ2n) is 9.50. The highest BCUT2D eigenvalue weighted by Gasteiger charge is 2.39. The number of hydrogen-bond acceptors (Lipinski definition) is 3. The minimum absolute atomic E-state index is 0.0378. The monoisotopic (exact) mass is 371 g/mol. The Morgan fingerprint density at radius 3 is 2.04 bits per heavy atom. The number of nitrogens with two attached hydrogens (primary N) is 1. The maximum Gasteiger partial charge on any atom is 0.251 e. The topological polar surface area (TPSA) is 84.2 Å². The third-order valence-corrected chi connectivity index (χ3v) is 5.86. The molecule has 27 heavy (non-hydrogen) atoms. The number of carbonyl (C=O) groups excluding carboxylic acids is 2. The van der Waals surface area contributed by atoms with Crippen LogP contribution in [0.25, 0.3) is 0 Å². The molecule has 2 amide bonds. The fraction of sp³-hybridized carbons (Fsp3) is 0.636. The molecular formula is C22H33N3O2. The van der Waals surface area contributed by atoms with Crippen LogP contribution in [-0.2, 0) is 0 Å². The summed E-state index contributed by atoms with van der Waals surface area (Å²) in [6.07, 6.45) is 5.57. The smallest absolute Gasteiger partial charge is 0.251 e. The van der Waals surface area contributed by atoms with E-state index in [0.29, 0.717) is 29.5 Å². The number of nitrogens with one attached hydrogen (secondary N) is 2. The Bertz CT molecular complexity index is 664. The lowest BCUT2D eigenvalue weighted by atomic mass is 9.67. The highest BCUT2D eigenvalue weighted by atomic mass is 16.2. The van der Waals surface area contributed by atoms with Gasteiger partial charge in [0.2, 0.25) is 0 Å². The van der Waals surface area contributed by atoms with Gasteiger partial charge in [-0.15, -0.1) is 0 Å². The third kappa shape index (κ3) is 5.10. The Labute approximate surface area is 162 Å². The fourth-order valence-corrected chi connectivity index (χ4v) is 4.48. The summed E-state index contributed by atoms with van der Waals surface area (Å²) < 4.78 is 0. The number of benzene rings is 1. The van der Waals surface area contributed by atoms with Crippen molar-refractivity contribution >= 4 is 11.8 Å². The molecule has 148 valence electrons. The molecule has 2 fully saturated rings. The molecule has 0 aromatic heterocycles. The van der Waals surface area contributed by atoms with Crippen LogP contribution in [0.2, 0.25) is 0 Å². The van der Waals surface area contributed by atoms with Crippen molar-refractivity contribution in [2.45, 2.75) is 65.0 Å². The van der Waals surface area contributed by atoms with E-state index in [-0.39, 0.29) is 29.3 Å². The zero-order chi connectivity index (χ0) is 19.6. The van der Waals surface area contributed by atoms with E-state index in [1.165, 1.54) is 6.42 Å². The summed E-state index contributed by atoms with van der Waals surface area (Å²) in [4.78, 5) is 25.0. The summed E-state index contributed by atoms with van der Waals surface area (Å²) in [6.45, 7) is 6.84. The van der Waals surface area contributed by atoms with E-state index in [9.17, 15) is 9.59 Å². The molecule has 0 spiro atoms. The summed E-state index contributed by atoms with van der Waals surface area (Å²) in [7, 11) is 0. The zero-order valence-corrected chi connectivity index (χ0v) is 16.8. The maximum absolute atomic E-state index is 12.7. The maximum atomic E-state index is 12.7. The van der Waals surface area contributed by atoms with Crippen molar-refractivity contribution in [2.24, 2.45) is 23.0 Å². The van der Waals surface area contributed by atoms with E-state index in [2.05, 4.69) is 31.4 Å². The molecule has 2 atom stereocenters. The molecular weight excluding hydrogens is 338 g/mol. The van der Waals surface area contributed by atoms with E-state index in [1.54, 1.807) is 24.3 Å². The molecule has 0 saturated heterocycles. The molecule has 3 rings (SSSR count). The fourth-order valence-electron chi connectivity index (χ4n) is 4.48. The summed E-state index contributed by atoms with van der Waals surface area (Å²) in [6, 6.07) is 7.45. The van der Waals surface area contributed by atoms with Gasteiger partial charge < -0.3 is 16.4 Å². The average molecular weight is 372 g/mol. The van der Waals surface area contributed by atoms with Crippen molar-refractivity contribution in [2.75, 3.05) is 6.54 Å². The molecule has 5 heteroatoms. The van der Waals surface area contributed by atoms with Gasteiger partial charge in [0.25, 0.3) is 11.8 Å². The van der Waals surface area contributed by atoms with Crippen LogP contribution in [-0.4, -0.2) is 30.4 Å². The van der Waals surface area contributed by atoms with Gasteiger partial charge in [-0.3, -0.25) is 9.59 Å². The first kappa shape index (κ1) is 19.9. The second-order valence-corrected chi connectivity index (χ2v) is 9.50. The highest BCUT2D eigenvalue weighted by molar-refractivity contribution is 5.97. The predicted molar refractivity (Wildman–Crippen MR) is 108 cm³/mol. The molecule has 1 aromatic rings. The van der Waals surface area contributed by atoms with Gasteiger partial charge in [0, 0.05) is 29.8 Å². The summed E-state index contributed by atoms with van der Waals surface area (Å²) >= 11 is 0. The Kier molecular flexibility index (Phi) is 5.89. The quantitative estimate of drug-likeness (QED) is 0.760. The van der Waals surface area contributed by atoms with Crippen LogP contribution in [0.5, 0.6) is 0 Å². The van der Waals surface area contributed by atoms with E-state index < -0.39 is 0 Å². The standard InChI is InChI=1S/C22H33N3O2/c1-22(2,3)13-24-20(26)14-7-9-15(10-8-14)21(27)25-19-16-5-4-6-17(19)12-18(23)11-16/h7-10,16-19H,4-6,11-13,23H2,1-3H3,(H,24,26)(H,25,27). The van der Waals surface area contributed by atoms with Crippen LogP contribution in [0.4, 0.5) is 0 Å². The van der Waals surface area contributed by atoms with Crippen molar-refractivity contribution in [1.29, 1.82) is 0 Å². The van der Waals surface area contributed by atoms with Crippen LogP contribution in [0.1, 0.15) is 73.6 Å². The molecule has 0 heterocycles. The molecule has 2 unspecified atom stereocenters. The van der Waals surface area contributed by atoms with Crippen LogP contribution in [0.15, 0.2) is 24.3 Å². The molecule has 0 aliphatic heterocycles. The number of rotatable bonds is 4. The minimum Gasteiger partial charge on any atom is -0.352 e. The highest BCUT2D eigenvalue weighted by Crippen LogP contribution is 2.39. The summed E-state index contributed by atoms with van der Waals surface area (Å²) in [5.41, 5.74) is 7.40. The molecule has 4 N–H and O–H groups in total. The largest absolute Gasteiger partial charge is 0.352 e. The number of amides is 2. The lowest BCUT2D eigenvalue weighted by molar-refractivity contribution is 0.0755. The number of hydrogen-bond donors (Lipinski definition) is 3.